The largest absolute Gasteiger partial charge is 0.471 e. The zero-order valence-electron chi connectivity index (χ0n) is 17.6. The van der Waals surface area contributed by atoms with Crippen molar-refractivity contribution < 1.29 is 22.5 Å². The minimum Gasteiger partial charge on any atom is -0.369 e. The van der Waals surface area contributed by atoms with Crippen LogP contribution in [0.1, 0.15) is 23.9 Å². The number of hydrogen-bond donors (Lipinski definition) is 1. The summed E-state index contributed by atoms with van der Waals surface area (Å²) in [7, 11) is 0. The van der Waals surface area contributed by atoms with Gasteiger partial charge < -0.3 is 15.2 Å². The molecular weight excluding hydrogens is 467 g/mol. The second kappa shape index (κ2) is 8.56. The first kappa shape index (κ1) is 22.1. The van der Waals surface area contributed by atoms with Gasteiger partial charge >= 0.3 is 12.1 Å². The fourth-order valence-corrected chi connectivity index (χ4v) is 5.07. The molecule has 0 aliphatic carbocycles. The Bertz CT molecular complexity index is 1320. The molecular formula is C23H18F3N5O2S. The SMILES string of the molecule is NC(=O)C1CCN(c2nc(-c3ccccc3)cs2)C1c1cccc(-c2noc(C(F)(F)F)n2)c1. The number of nitrogens with zero attached hydrogens (tertiary/aromatic N) is 4. The predicted octanol–water partition coefficient (Wildman–Crippen LogP) is 4.93. The summed E-state index contributed by atoms with van der Waals surface area (Å²) in [5.41, 5.74) is 8.56. The van der Waals surface area contributed by atoms with Gasteiger partial charge in [-0.1, -0.05) is 53.7 Å². The van der Waals surface area contributed by atoms with Crippen LogP contribution in [0.25, 0.3) is 22.6 Å². The van der Waals surface area contributed by atoms with Crippen LogP contribution in [0.4, 0.5) is 18.3 Å². The van der Waals surface area contributed by atoms with E-state index in [0.29, 0.717) is 24.1 Å². The van der Waals surface area contributed by atoms with Crippen molar-refractivity contribution in [2.24, 2.45) is 11.7 Å². The second-order valence-corrected chi connectivity index (χ2v) is 8.70. The highest BCUT2D eigenvalue weighted by Crippen LogP contribution is 2.43. The van der Waals surface area contributed by atoms with Gasteiger partial charge in [0.15, 0.2) is 5.13 Å². The molecule has 5 rings (SSSR count). The van der Waals surface area contributed by atoms with E-state index in [1.807, 2.05) is 40.6 Å². The van der Waals surface area contributed by atoms with Crippen LogP contribution in [0, 0.1) is 5.92 Å². The summed E-state index contributed by atoms with van der Waals surface area (Å²) in [5.74, 6) is -2.54. The molecule has 7 nitrogen and oxygen atoms in total. The molecule has 0 bridgehead atoms. The van der Waals surface area contributed by atoms with Crippen LogP contribution in [0.2, 0.25) is 0 Å². The van der Waals surface area contributed by atoms with Crippen molar-refractivity contribution >= 4 is 22.4 Å². The predicted molar refractivity (Wildman–Crippen MR) is 120 cm³/mol. The fourth-order valence-electron chi connectivity index (χ4n) is 4.17. The molecule has 2 atom stereocenters. The quantitative estimate of drug-likeness (QED) is 0.430. The zero-order valence-corrected chi connectivity index (χ0v) is 18.4. The molecule has 1 aliphatic rings. The van der Waals surface area contributed by atoms with Crippen molar-refractivity contribution in [1.82, 2.24) is 15.1 Å². The molecule has 0 radical (unpaired) electrons. The van der Waals surface area contributed by atoms with Gasteiger partial charge in [0, 0.05) is 23.1 Å². The van der Waals surface area contributed by atoms with Gasteiger partial charge in [-0.3, -0.25) is 4.79 Å². The van der Waals surface area contributed by atoms with Crippen molar-refractivity contribution in [1.29, 1.82) is 0 Å². The molecule has 174 valence electrons. The molecule has 4 aromatic rings. The number of anilines is 1. The summed E-state index contributed by atoms with van der Waals surface area (Å²) in [5, 5.41) is 6.15. The zero-order chi connectivity index (χ0) is 23.9. The molecule has 2 aromatic carbocycles. The number of carbonyl (C=O) groups excluding carboxylic acids is 1. The van der Waals surface area contributed by atoms with Gasteiger partial charge in [-0.25, -0.2) is 4.98 Å². The third kappa shape index (κ3) is 4.14. The normalized spacial score (nSPS) is 18.4. The van der Waals surface area contributed by atoms with E-state index in [4.69, 9.17) is 10.7 Å². The van der Waals surface area contributed by atoms with Crippen LogP contribution in [-0.2, 0) is 11.0 Å². The number of halogens is 3. The van der Waals surface area contributed by atoms with E-state index in [1.165, 1.54) is 11.3 Å². The van der Waals surface area contributed by atoms with Crippen LogP contribution < -0.4 is 10.6 Å². The Labute approximate surface area is 196 Å². The first-order valence-corrected chi connectivity index (χ1v) is 11.3. The Morgan fingerprint density at radius 3 is 2.56 bits per heavy atom. The van der Waals surface area contributed by atoms with Crippen molar-refractivity contribution in [3.63, 3.8) is 0 Å². The molecule has 34 heavy (non-hydrogen) atoms. The molecule has 1 amide bonds. The Morgan fingerprint density at radius 2 is 1.85 bits per heavy atom. The van der Waals surface area contributed by atoms with Gasteiger partial charge in [0.2, 0.25) is 11.7 Å². The second-order valence-electron chi connectivity index (χ2n) is 7.86. The molecule has 1 aliphatic heterocycles. The Balaban J connectivity index is 1.50. The molecule has 2 N–H and O–H groups in total. The van der Waals surface area contributed by atoms with Crippen molar-refractivity contribution in [2.45, 2.75) is 18.6 Å². The lowest BCUT2D eigenvalue weighted by molar-refractivity contribution is -0.159. The number of carbonyl (C=O) groups is 1. The lowest BCUT2D eigenvalue weighted by Crippen LogP contribution is -2.31. The number of alkyl halides is 3. The van der Waals surface area contributed by atoms with E-state index in [1.54, 1.807) is 24.3 Å². The van der Waals surface area contributed by atoms with Gasteiger partial charge in [0.25, 0.3) is 0 Å². The highest BCUT2D eigenvalue weighted by atomic mass is 32.1. The Morgan fingerprint density at radius 1 is 1.09 bits per heavy atom. The van der Waals surface area contributed by atoms with Gasteiger partial charge in [0.05, 0.1) is 17.7 Å². The summed E-state index contributed by atoms with van der Waals surface area (Å²) in [4.78, 5) is 22.5. The van der Waals surface area contributed by atoms with Crippen LogP contribution in [0.15, 0.2) is 64.5 Å². The lowest BCUT2D eigenvalue weighted by Gasteiger charge is -2.27. The van der Waals surface area contributed by atoms with Gasteiger partial charge in [-0.05, 0) is 18.1 Å². The highest BCUT2D eigenvalue weighted by molar-refractivity contribution is 7.14. The number of benzene rings is 2. The fraction of sp³-hybridized carbons (Fsp3) is 0.217. The molecule has 1 fully saturated rings. The van der Waals surface area contributed by atoms with E-state index in [9.17, 15) is 18.0 Å². The third-order valence-corrected chi connectivity index (χ3v) is 6.60. The van der Waals surface area contributed by atoms with E-state index >= 15 is 0 Å². The molecule has 1 saturated heterocycles. The summed E-state index contributed by atoms with van der Waals surface area (Å²) in [6.45, 7) is 0.560. The summed E-state index contributed by atoms with van der Waals surface area (Å²) in [6, 6.07) is 16.0. The van der Waals surface area contributed by atoms with Crippen molar-refractivity contribution in [3.05, 3.63) is 71.4 Å². The van der Waals surface area contributed by atoms with E-state index in [0.717, 1.165) is 16.4 Å². The van der Waals surface area contributed by atoms with Gasteiger partial charge in [-0.2, -0.15) is 18.2 Å². The molecule has 0 spiro atoms. The maximum Gasteiger partial charge on any atom is 0.471 e. The van der Waals surface area contributed by atoms with E-state index in [2.05, 4.69) is 14.7 Å². The standard InChI is InChI=1S/C23H18F3N5O2S/c24-23(25,26)21-29-20(30-33-21)15-8-4-7-14(11-15)18-16(19(27)32)9-10-31(18)22-28-17(12-34-22)13-5-2-1-3-6-13/h1-8,11-12,16,18H,9-10H2,(H2,27,32). The molecule has 3 heterocycles. The minimum atomic E-state index is -4.73. The van der Waals surface area contributed by atoms with Crippen LogP contribution in [-0.4, -0.2) is 27.6 Å². The number of nitrogens with two attached hydrogens (primary N) is 1. The number of primary amides is 1. The van der Waals surface area contributed by atoms with Crippen molar-refractivity contribution in [3.8, 4) is 22.6 Å². The number of aromatic nitrogens is 3. The van der Waals surface area contributed by atoms with E-state index in [-0.39, 0.29) is 5.82 Å². The van der Waals surface area contributed by atoms with Gasteiger partial charge in [-0.15, -0.1) is 11.3 Å². The van der Waals surface area contributed by atoms with E-state index < -0.39 is 29.9 Å². The first-order chi connectivity index (χ1) is 16.3. The maximum absolute atomic E-state index is 12.9. The Kier molecular flexibility index (Phi) is 5.56. The molecule has 2 unspecified atom stereocenters. The number of rotatable bonds is 5. The lowest BCUT2D eigenvalue weighted by atomic mass is 9.92. The smallest absolute Gasteiger partial charge is 0.369 e. The van der Waals surface area contributed by atoms with Crippen molar-refractivity contribution in [2.75, 3.05) is 11.4 Å². The van der Waals surface area contributed by atoms with Crippen LogP contribution in [0.3, 0.4) is 0 Å². The highest BCUT2D eigenvalue weighted by Gasteiger charge is 2.41. The average Bonchev–Trinajstić information content (AvgIpc) is 3.58. The summed E-state index contributed by atoms with van der Waals surface area (Å²) < 4.78 is 43.0. The topological polar surface area (TPSA) is 98.1 Å². The average molecular weight is 485 g/mol. The van der Waals surface area contributed by atoms with Crippen LogP contribution >= 0.6 is 11.3 Å². The molecule has 2 aromatic heterocycles. The van der Waals surface area contributed by atoms with Gasteiger partial charge in [0.1, 0.15) is 0 Å². The Hall–Kier alpha value is -3.73. The number of hydrogen-bond acceptors (Lipinski definition) is 7. The maximum atomic E-state index is 12.9. The number of thiazole rings is 1. The van der Waals surface area contributed by atoms with Crippen LogP contribution in [0.5, 0.6) is 0 Å². The molecule has 0 saturated carbocycles. The number of amides is 1. The summed E-state index contributed by atoms with van der Waals surface area (Å²) in [6.07, 6.45) is -4.20. The monoisotopic (exact) mass is 485 g/mol. The third-order valence-electron chi connectivity index (χ3n) is 5.73. The minimum absolute atomic E-state index is 0.185. The molecule has 11 heteroatoms. The summed E-state index contributed by atoms with van der Waals surface area (Å²) >= 11 is 1.46. The first-order valence-electron chi connectivity index (χ1n) is 10.4.